The van der Waals surface area contributed by atoms with Crippen molar-refractivity contribution in [2.45, 2.75) is 38.5 Å². The number of nitrogens with one attached hydrogen (secondary N) is 1. The lowest BCUT2D eigenvalue weighted by atomic mass is 9.98. The molecule has 0 aliphatic carbocycles. The lowest BCUT2D eigenvalue weighted by Gasteiger charge is -2.21. The van der Waals surface area contributed by atoms with Crippen molar-refractivity contribution in [2.75, 3.05) is 33.0 Å². The summed E-state index contributed by atoms with van der Waals surface area (Å²) in [5.74, 6) is 1.01. The average Bonchev–Trinajstić information content (AvgIpc) is 2.59. The van der Waals surface area contributed by atoms with Gasteiger partial charge in [-0.2, -0.15) is 0 Å². The molecule has 4 nitrogen and oxygen atoms in total. The van der Waals surface area contributed by atoms with Crippen LogP contribution in [0, 0.1) is 5.92 Å². The highest BCUT2D eigenvalue weighted by atomic mass is 16.5. The summed E-state index contributed by atoms with van der Waals surface area (Å²) in [5, 5.41) is 2.98. The zero-order chi connectivity index (χ0) is 16.3. The molecule has 0 radical (unpaired) electrons. The van der Waals surface area contributed by atoms with Crippen LogP contribution in [0.25, 0.3) is 0 Å². The minimum absolute atomic E-state index is 0.116. The first-order valence-corrected chi connectivity index (χ1v) is 8.73. The van der Waals surface area contributed by atoms with E-state index in [0.717, 1.165) is 39.1 Å². The summed E-state index contributed by atoms with van der Waals surface area (Å²) in [5.41, 5.74) is 1.21. The second-order valence-corrected chi connectivity index (χ2v) is 6.35. The highest BCUT2D eigenvalue weighted by Crippen LogP contribution is 2.18. The van der Waals surface area contributed by atoms with Crippen molar-refractivity contribution in [3.63, 3.8) is 0 Å². The van der Waals surface area contributed by atoms with Gasteiger partial charge in [-0.3, -0.25) is 4.79 Å². The van der Waals surface area contributed by atoms with E-state index in [4.69, 9.17) is 9.47 Å². The maximum absolute atomic E-state index is 11.9. The largest absolute Gasteiger partial charge is 0.381 e. The SMILES string of the molecule is CC(CC(=O)NCCCOCC1CCOCC1)c1ccccc1. The molecule has 1 aromatic rings. The van der Waals surface area contributed by atoms with E-state index in [-0.39, 0.29) is 11.8 Å². The highest BCUT2D eigenvalue weighted by Gasteiger charge is 2.13. The maximum atomic E-state index is 11.9. The lowest BCUT2D eigenvalue weighted by Crippen LogP contribution is -2.26. The van der Waals surface area contributed by atoms with Gasteiger partial charge < -0.3 is 14.8 Å². The number of hydrogen-bond donors (Lipinski definition) is 1. The Balaban J connectivity index is 1.49. The molecular weight excluding hydrogens is 290 g/mol. The predicted octanol–water partition coefficient (Wildman–Crippen LogP) is 3.13. The molecule has 1 fully saturated rings. The molecule has 0 spiro atoms. The standard InChI is InChI=1S/C19H29NO3/c1-16(18-6-3-2-4-7-18)14-19(21)20-10-5-11-23-15-17-8-12-22-13-9-17/h2-4,6-7,16-17H,5,8-15H2,1H3,(H,20,21). The van der Waals surface area contributed by atoms with Crippen LogP contribution in [0.4, 0.5) is 0 Å². The van der Waals surface area contributed by atoms with Crippen LogP contribution in [0.15, 0.2) is 30.3 Å². The van der Waals surface area contributed by atoms with Crippen molar-refractivity contribution in [3.8, 4) is 0 Å². The minimum Gasteiger partial charge on any atom is -0.381 e. The van der Waals surface area contributed by atoms with Gasteiger partial charge in [0.15, 0.2) is 0 Å². The molecule has 23 heavy (non-hydrogen) atoms. The zero-order valence-corrected chi connectivity index (χ0v) is 14.1. The van der Waals surface area contributed by atoms with Crippen molar-refractivity contribution in [1.29, 1.82) is 0 Å². The number of amides is 1. The third-order valence-corrected chi connectivity index (χ3v) is 4.34. The van der Waals surface area contributed by atoms with Gasteiger partial charge in [0.1, 0.15) is 0 Å². The summed E-state index contributed by atoms with van der Waals surface area (Å²) >= 11 is 0. The first-order chi connectivity index (χ1) is 11.3. The molecule has 1 unspecified atom stereocenters. The molecule has 1 aliphatic heterocycles. The van der Waals surface area contributed by atoms with Gasteiger partial charge in [0, 0.05) is 39.4 Å². The summed E-state index contributed by atoms with van der Waals surface area (Å²) in [6.45, 7) is 6.04. The van der Waals surface area contributed by atoms with E-state index in [2.05, 4.69) is 24.4 Å². The molecule has 128 valence electrons. The van der Waals surface area contributed by atoms with E-state index in [0.29, 0.717) is 25.5 Å². The van der Waals surface area contributed by atoms with Gasteiger partial charge in [-0.05, 0) is 36.7 Å². The van der Waals surface area contributed by atoms with E-state index in [1.54, 1.807) is 0 Å². The van der Waals surface area contributed by atoms with Crippen LogP contribution in [0.5, 0.6) is 0 Å². The molecule has 0 aromatic heterocycles. The van der Waals surface area contributed by atoms with E-state index in [9.17, 15) is 4.79 Å². The molecule has 0 saturated carbocycles. The minimum atomic E-state index is 0.116. The van der Waals surface area contributed by atoms with Crippen LogP contribution in [0.3, 0.4) is 0 Å². The Labute approximate surface area is 139 Å². The van der Waals surface area contributed by atoms with Gasteiger partial charge in [0.05, 0.1) is 0 Å². The van der Waals surface area contributed by atoms with Crippen molar-refractivity contribution >= 4 is 5.91 Å². The number of carbonyl (C=O) groups is 1. The molecule has 1 amide bonds. The third-order valence-electron chi connectivity index (χ3n) is 4.34. The van der Waals surface area contributed by atoms with E-state index in [1.807, 2.05) is 18.2 Å². The number of ether oxygens (including phenoxy) is 2. The predicted molar refractivity (Wildman–Crippen MR) is 91.5 cm³/mol. The van der Waals surface area contributed by atoms with Gasteiger partial charge in [-0.25, -0.2) is 0 Å². The maximum Gasteiger partial charge on any atom is 0.220 e. The summed E-state index contributed by atoms with van der Waals surface area (Å²) in [7, 11) is 0. The van der Waals surface area contributed by atoms with Crippen LogP contribution in [-0.4, -0.2) is 38.9 Å². The Morgan fingerprint density at radius 2 is 2.04 bits per heavy atom. The fourth-order valence-electron chi connectivity index (χ4n) is 2.81. The first-order valence-electron chi connectivity index (χ1n) is 8.73. The van der Waals surface area contributed by atoms with Gasteiger partial charge in [0.25, 0.3) is 0 Å². The number of carbonyl (C=O) groups excluding carboxylic acids is 1. The van der Waals surface area contributed by atoms with Crippen molar-refractivity contribution in [3.05, 3.63) is 35.9 Å². The van der Waals surface area contributed by atoms with Crippen molar-refractivity contribution in [1.82, 2.24) is 5.32 Å². The molecule has 2 rings (SSSR count). The molecule has 1 N–H and O–H groups in total. The summed E-state index contributed by atoms with van der Waals surface area (Å²) in [6, 6.07) is 10.2. The monoisotopic (exact) mass is 319 g/mol. The Morgan fingerprint density at radius 1 is 1.30 bits per heavy atom. The van der Waals surface area contributed by atoms with Crippen LogP contribution in [0.1, 0.15) is 44.1 Å². The topological polar surface area (TPSA) is 47.6 Å². The second-order valence-electron chi connectivity index (χ2n) is 6.35. The molecule has 1 atom stereocenters. The molecule has 1 saturated heterocycles. The Hall–Kier alpha value is -1.39. The molecule has 1 aliphatic rings. The fourth-order valence-corrected chi connectivity index (χ4v) is 2.81. The van der Waals surface area contributed by atoms with Crippen LogP contribution < -0.4 is 5.32 Å². The molecule has 1 aromatic carbocycles. The van der Waals surface area contributed by atoms with Crippen molar-refractivity contribution < 1.29 is 14.3 Å². The fraction of sp³-hybridized carbons (Fsp3) is 0.632. The lowest BCUT2D eigenvalue weighted by molar-refractivity contribution is -0.121. The zero-order valence-electron chi connectivity index (χ0n) is 14.1. The molecule has 1 heterocycles. The number of hydrogen-bond acceptors (Lipinski definition) is 3. The molecule has 0 bridgehead atoms. The second kappa shape index (κ2) is 10.4. The highest BCUT2D eigenvalue weighted by molar-refractivity contribution is 5.76. The summed E-state index contributed by atoms with van der Waals surface area (Å²) in [6.07, 6.45) is 3.61. The van der Waals surface area contributed by atoms with Crippen LogP contribution in [0.2, 0.25) is 0 Å². The number of benzene rings is 1. The summed E-state index contributed by atoms with van der Waals surface area (Å²) < 4.78 is 11.0. The van der Waals surface area contributed by atoms with Gasteiger partial charge >= 0.3 is 0 Å². The third kappa shape index (κ3) is 7.14. The molecular formula is C19H29NO3. The Bertz CT molecular complexity index is 443. The quantitative estimate of drug-likeness (QED) is 0.711. The van der Waals surface area contributed by atoms with Crippen LogP contribution >= 0.6 is 0 Å². The molecule has 4 heteroatoms. The smallest absolute Gasteiger partial charge is 0.220 e. The van der Waals surface area contributed by atoms with E-state index in [1.165, 1.54) is 5.56 Å². The van der Waals surface area contributed by atoms with E-state index >= 15 is 0 Å². The summed E-state index contributed by atoms with van der Waals surface area (Å²) in [4.78, 5) is 11.9. The van der Waals surface area contributed by atoms with Crippen LogP contribution in [-0.2, 0) is 14.3 Å². The first kappa shape index (κ1) is 18.0. The number of rotatable bonds is 9. The Kier molecular flexibility index (Phi) is 8.12. The van der Waals surface area contributed by atoms with Crippen molar-refractivity contribution in [2.24, 2.45) is 5.92 Å². The van der Waals surface area contributed by atoms with E-state index < -0.39 is 0 Å². The van der Waals surface area contributed by atoms with Gasteiger partial charge in [-0.1, -0.05) is 37.3 Å². The van der Waals surface area contributed by atoms with Gasteiger partial charge in [0.2, 0.25) is 5.91 Å². The normalized spacial score (nSPS) is 16.9. The Morgan fingerprint density at radius 3 is 2.78 bits per heavy atom. The average molecular weight is 319 g/mol. The van der Waals surface area contributed by atoms with Gasteiger partial charge in [-0.15, -0.1) is 0 Å².